The Bertz CT molecular complexity index is 338. The molecule has 2 N–H and O–H groups in total. The van der Waals surface area contributed by atoms with E-state index in [2.05, 4.69) is 50.7 Å². The highest BCUT2D eigenvalue weighted by Crippen LogP contribution is 2.29. The van der Waals surface area contributed by atoms with E-state index >= 15 is 0 Å². The molecule has 1 aromatic heterocycles. The maximum atomic E-state index is 6.22. The van der Waals surface area contributed by atoms with E-state index in [9.17, 15) is 0 Å². The highest BCUT2D eigenvalue weighted by molar-refractivity contribution is 5.08. The van der Waals surface area contributed by atoms with Crippen molar-refractivity contribution in [2.24, 2.45) is 11.1 Å². The number of hydrogen-bond donors (Lipinski definition) is 1. The maximum absolute atomic E-state index is 6.22. The van der Waals surface area contributed by atoms with Gasteiger partial charge in [-0.25, -0.2) is 0 Å². The molecule has 1 heterocycles. The number of pyridine rings is 1. The van der Waals surface area contributed by atoms with E-state index in [-0.39, 0.29) is 11.0 Å². The van der Waals surface area contributed by atoms with Crippen molar-refractivity contribution in [2.45, 2.75) is 39.8 Å². The van der Waals surface area contributed by atoms with Gasteiger partial charge in [0.1, 0.15) is 0 Å². The molecule has 0 saturated heterocycles. The van der Waals surface area contributed by atoms with Crippen molar-refractivity contribution in [1.82, 2.24) is 9.88 Å². The van der Waals surface area contributed by atoms with Gasteiger partial charge in [0.15, 0.2) is 0 Å². The predicted octanol–water partition coefficient (Wildman–Crippen LogP) is 2.28. The monoisotopic (exact) mass is 235 g/mol. The summed E-state index contributed by atoms with van der Waals surface area (Å²) in [6.45, 7) is 10.5. The summed E-state index contributed by atoms with van der Waals surface area (Å²) in [6, 6.07) is 4.07. The van der Waals surface area contributed by atoms with Crippen molar-refractivity contribution in [3.8, 4) is 0 Å². The van der Waals surface area contributed by atoms with Crippen molar-refractivity contribution < 1.29 is 0 Å². The summed E-state index contributed by atoms with van der Waals surface area (Å²) in [6.07, 6.45) is 3.72. The lowest BCUT2D eigenvalue weighted by atomic mass is 9.75. The molecule has 96 valence electrons. The molecule has 1 rings (SSSR count). The zero-order chi connectivity index (χ0) is 13.1. The summed E-state index contributed by atoms with van der Waals surface area (Å²) in [5.74, 6) is 0. The van der Waals surface area contributed by atoms with Crippen LogP contribution < -0.4 is 5.73 Å². The minimum atomic E-state index is -0.184. The van der Waals surface area contributed by atoms with Crippen LogP contribution in [-0.2, 0) is 6.54 Å². The first-order chi connectivity index (χ1) is 7.72. The lowest BCUT2D eigenvalue weighted by Gasteiger charge is -2.41. The van der Waals surface area contributed by atoms with Crippen LogP contribution >= 0.6 is 0 Å². The topological polar surface area (TPSA) is 42.2 Å². The summed E-state index contributed by atoms with van der Waals surface area (Å²) < 4.78 is 0. The fourth-order valence-corrected chi connectivity index (χ4v) is 1.74. The van der Waals surface area contributed by atoms with Gasteiger partial charge in [0.05, 0.1) is 0 Å². The zero-order valence-corrected chi connectivity index (χ0v) is 11.7. The van der Waals surface area contributed by atoms with Crippen molar-refractivity contribution in [3.63, 3.8) is 0 Å². The van der Waals surface area contributed by atoms with Gasteiger partial charge < -0.3 is 10.6 Å². The molecule has 0 aliphatic carbocycles. The van der Waals surface area contributed by atoms with Gasteiger partial charge in [-0.3, -0.25) is 4.98 Å². The molecule has 0 bridgehead atoms. The van der Waals surface area contributed by atoms with Crippen LogP contribution in [0.2, 0.25) is 0 Å². The largest absolute Gasteiger partial charge is 0.325 e. The van der Waals surface area contributed by atoms with Crippen LogP contribution in [0, 0.1) is 5.41 Å². The van der Waals surface area contributed by atoms with Crippen molar-refractivity contribution in [3.05, 3.63) is 30.1 Å². The molecule has 0 unspecified atom stereocenters. The molecule has 0 saturated carbocycles. The Kier molecular flexibility index (Phi) is 4.28. The molecule has 3 nitrogen and oxygen atoms in total. The van der Waals surface area contributed by atoms with Crippen molar-refractivity contribution >= 4 is 0 Å². The second-order valence-electron chi connectivity index (χ2n) is 6.14. The average molecular weight is 235 g/mol. The quantitative estimate of drug-likeness (QED) is 0.851. The van der Waals surface area contributed by atoms with Gasteiger partial charge in [0.2, 0.25) is 0 Å². The Balaban J connectivity index is 2.59. The van der Waals surface area contributed by atoms with Crippen molar-refractivity contribution in [1.29, 1.82) is 0 Å². The van der Waals surface area contributed by atoms with Crippen LogP contribution in [0.25, 0.3) is 0 Å². The lowest BCUT2D eigenvalue weighted by Crippen LogP contribution is -2.52. The summed E-state index contributed by atoms with van der Waals surface area (Å²) in [7, 11) is 2.13. The third kappa shape index (κ3) is 4.10. The fraction of sp³-hybridized carbons (Fsp3) is 0.643. The third-order valence-corrected chi connectivity index (χ3v) is 3.58. The van der Waals surface area contributed by atoms with Gasteiger partial charge in [0.25, 0.3) is 0 Å². The lowest BCUT2D eigenvalue weighted by molar-refractivity contribution is 0.126. The predicted molar refractivity (Wildman–Crippen MR) is 72.6 cm³/mol. The first-order valence-corrected chi connectivity index (χ1v) is 6.09. The Hall–Kier alpha value is -0.930. The molecular weight excluding hydrogens is 210 g/mol. The zero-order valence-electron chi connectivity index (χ0n) is 11.7. The normalized spacial score (nSPS) is 13.1. The summed E-state index contributed by atoms with van der Waals surface area (Å²) in [5.41, 5.74) is 7.34. The number of hydrogen-bond acceptors (Lipinski definition) is 3. The molecule has 0 radical (unpaired) electrons. The second-order valence-corrected chi connectivity index (χ2v) is 6.14. The van der Waals surface area contributed by atoms with Gasteiger partial charge in [0, 0.05) is 31.0 Å². The van der Waals surface area contributed by atoms with E-state index in [4.69, 9.17) is 5.73 Å². The first-order valence-electron chi connectivity index (χ1n) is 6.09. The maximum Gasteiger partial charge on any atom is 0.0312 e. The van der Waals surface area contributed by atoms with E-state index in [0.29, 0.717) is 0 Å². The highest BCUT2D eigenvalue weighted by atomic mass is 15.1. The van der Waals surface area contributed by atoms with Gasteiger partial charge >= 0.3 is 0 Å². The molecule has 0 amide bonds. The SMILES string of the molecule is CN(Cc1cccnc1)CC(C)(C)C(C)(C)N. The van der Waals surface area contributed by atoms with Gasteiger partial charge in [-0.05, 0) is 37.9 Å². The van der Waals surface area contributed by atoms with Crippen LogP contribution in [0.3, 0.4) is 0 Å². The molecule has 0 fully saturated rings. The van der Waals surface area contributed by atoms with Crippen LogP contribution in [-0.4, -0.2) is 29.0 Å². The van der Waals surface area contributed by atoms with Gasteiger partial charge in [-0.2, -0.15) is 0 Å². The molecule has 1 aromatic rings. The molecule has 0 spiro atoms. The van der Waals surface area contributed by atoms with E-state index in [0.717, 1.165) is 13.1 Å². The third-order valence-electron chi connectivity index (χ3n) is 3.58. The Morgan fingerprint density at radius 3 is 2.41 bits per heavy atom. The first kappa shape index (κ1) is 14.1. The molecular formula is C14H25N3. The highest BCUT2D eigenvalue weighted by Gasteiger charge is 2.34. The average Bonchev–Trinajstić information content (AvgIpc) is 2.16. The fourth-order valence-electron chi connectivity index (χ4n) is 1.74. The molecule has 0 aromatic carbocycles. The Labute approximate surface area is 105 Å². The summed E-state index contributed by atoms with van der Waals surface area (Å²) >= 11 is 0. The second kappa shape index (κ2) is 5.15. The minimum absolute atomic E-state index is 0.0734. The van der Waals surface area contributed by atoms with Gasteiger partial charge in [-0.15, -0.1) is 0 Å². The number of nitrogens with zero attached hydrogens (tertiary/aromatic N) is 2. The van der Waals surface area contributed by atoms with Crippen molar-refractivity contribution in [2.75, 3.05) is 13.6 Å². The number of rotatable bonds is 5. The van der Waals surface area contributed by atoms with Crippen LogP contribution in [0.15, 0.2) is 24.5 Å². The smallest absolute Gasteiger partial charge is 0.0312 e. The van der Waals surface area contributed by atoms with Crippen LogP contribution in [0.4, 0.5) is 0 Å². The van der Waals surface area contributed by atoms with Gasteiger partial charge in [-0.1, -0.05) is 19.9 Å². The van der Waals surface area contributed by atoms with E-state index in [1.807, 2.05) is 12.3 Å². The van der Waals surface area contributed by atoms with E-state index < -0.39 is 0 Å². The van der Waals surface area contributed by atoms with Crippen LogP contribution in [0.5, 0.6) is 0 Å². The molecule has 0 atom stereocenters. The number of aromatic nitrogens is 1. The van der Waals surface area contributed by atoms with E-state index in [1.165, 1.54) is 5.56 Å². The summed E-state index contributed by atoms with van der Waals surface area (Å²) in [5, 5.41) is 0. The molecule has 3 heteroatoms. The Morgan fingerprint density at radius 1 is 1.29 bits per heavy atom. The molecule has 17 heavy (non-hydrogen) atoms. The standard InChI is InChI=1S/C14H25N3/c1-13(2,14(3,4)15)11-17(5)10-12-7-6-8-16-9-12/h6-9H,10-11,15H2,1-5H3. The molecule has 0 aliphatic heterocycles. The van der Waals surface area contributed by atoms with E-state index in [1.54, 1.807) is 6.20 Å². The summed E-state index contributed by atoms with van der Waals surface area (Å²) in [4.78, 5) is 6.43. The Morgan fingerprint density at radius 2 is 1.94 bits per heavy atom. The minimum Gasteiger partial charge on any atom is -0.325 e. The molecule has 0 aliphatic rings. The number of nitrogens with two attached hydrogens (primary N) is 1. The van der Waals surface area contributed by atoms with Crippen LogP contribution in [0.1, 0.15) is 33.3 Å².